The zero-order valence-electron chi connectivity index (χ0n) is 12.9. The second-order valence-electron chi connectivity index (χ2n) is 6.32. The van der Waals surface area contributed by atoms with Crippen molar-refractivity contribution >= 4 is 35.1 Å². The van der Waals surface area contributed by atoms with Gasteiger partial charge in [-0.1, -0.05) is 23.2 Å². The Bertz CT molecular complexity index is 596. The van der Waals surface area contributed by atoms with E-state index in [1.165, 1.54) is 11.0 Å². The molecule has 0 aliphatic carbocycles. The maximum absolute atomic E-state index is 12.6. The number of ketones is 1. The lowest BCUT2D eigenvalue weighted by molar-refractivity contribution is 0.0222. The lowest BCUT2D eigenvalue weighted by Crippen LogP contribution is -2.43. The highest BCUT2D eigenvalue weighted by Gasteiger charge is 2.36. The molecule has 0 bridgehead atoms. The normalized spacial score (nSPS) is 18.4. The van der Waals surface area contributed by atoms with Gasteiger partial charge in [0.2, 0.25) is 0 Å². The molecule has 1 aliphatic heterocycles. The van der Waals surface area contributed by atoms with Gasteiger partial charge in [0.1, 0.15) is 5.60 Å². The molecule has 4 nitrogen and oxygen atoms in total. The predicted octanol–water partition coefficient (Wildman–Crippen LogP) is 4.58. The van der Waals surface area contributed by atoms with Crippen LogP contribution in [0.3, 0.4) is 0 Å². The van der Waals surface area contributed by atoms with E-state index in [-0.39, 0.29) is 5.78 Å². The molecule has 1 fully saturated rings. The Hall–Kier alpha value is -1.26. The molecule has 1 atom stereocenters. The van der Waals surface area contributed by atoms with Crippen molar-refractivity contribution in [1.82, 2.24) is 4.90 Å². The number of hydrogen-bond donors (Lipinski definition) is 0. The van der Waals surface area contributed by atoms with Gasteiger partial charge in [0.05, 0.1) is 16.1 Å². The topological polar surface area (TPSA) is 46.6 Å². The smallest absolute Gasteiger partial charge is 0.410 e. The number of hydrogen-bond acceptors (Lipinski definition) is 3. The molecule has 2 rings (SSSR count). The standard InChI is InChI=1S/C16H19Cl2NO3/c1-16(2,3)22-15(21)19-8-4-5-13(19)14(20)10-6-7-11(17)12(18)9-10/h6-7,9,13H,4-5,8H2,1-3H3. The van der Waals surface area contributed by atoms with E-state index in [9.17, 15) is 9.59 Å². The molecule has 22 heavy (non-hydrogen) atoms. The van der Waals surface area contributed by atoms with Gasteiger partial charge in [0.15, 0.2) is 5.78 Å². The molecule has 1 heterocycles. The van der Waals surface area contributed by atoms with Crippen LogP contribution in [-0.2, 0) is 4.74 Å². The molecule has 1 aliphatic rings. The fourth-order valence-electron chi connectivity index (χ4n) is 2.42. The van der Waals surface area contributed by atoms with E-state index >= 15 is 0 Å². The Labute approximate surface area is 140 Å². The fraction of sp³-hybridized carbons (Fsp3) is 0.500. The van der Waals surface area contributed by atoms with Gasteiger partial charge < -0.3 is 4.74 Å². The summed E-state index contributed by atoms with van der Waals surface area (Å²) in [6, 6.07) is 4.25. The summed E-state index contributed by atoms with van der Waals surface area (Å²) in [5.41, 5.74) is -0.133. The highest BCUT2D eigenvalue weighted by Crippen LogP contribution is 2.27. The number of Topliss-reactive ketones (excluding diaryl/α,β-unsaturated/α-hetero) is 1. The summed E-state index contributed by atoms with van der Waals surface area (Å²) >= 11 is 11.8. The largest absolute Gasteiger partial charge is 0.444 e. The summed E-state index contributed by atoms with van der Waals surface area (Å²) in [5, 5.41) is 0.725. The first-order valence-electron chi connectivity index (χ1n) is 7.18. The van der Waals surface area contributed by atoms with Gasteiger partial charge in [-0.15, -0.1) is 0 Å². The minimum absolute atomic E-state index is 0.137. The molecule has 1 unspecified atom stereocenters. The second kappa shape index (κ2) is 6.47. The quantitative estimate of drug-likeness (QED) is 0.738. The first-order valence-corrected chi connectivity index (χ1v) is 7.93. The number of halogens is 2. The van der Waals surface area contributed by atoms with E-state index < -0.39 is 17.7 Å². The van der Waals surface area contributed by atoms with Crippen LogP contribution in [0, 0.1) is 0 Å². The summed E-state index contributed by atoms with van der Waals surface area (Å²) in [5.74, 6) is -0.137. The first-order chi connectivity index (χ1) is 10.2. The molecule has 0 radical (unpaired) electrons. The van der Waals surface area contributed by atoms with Gasteiger partial charge in [-0.05, 0) is 51.8 Å². The van der Waals surface area contributed by atoms with Crippen molar-refractivity contribution < 1.29 is 14.3 Å². The van der Waals surface area contributed by atoms with Crippen LogP contribution >= 0.6 is 23.2 Å². The fourth-order valence-corrected chi connectivity index (χ4v) is 2.72. The molecule has 120 valence electrons. The van der Waals surface area contributed by atoms with Gasteiger partial charge >= 0.3 is 6.09 Å². The molecule has 6 heteroatoms. The number of nitrogens with zero attached hydrogens (tertiary/aromatic N) is 1. The number of ether oxygens (including phenoxy) is 1. The summed E-state index contributed by atoms with van der Waals surface area (Å²) in [6.45, 7) is 5.93. The highest BCUT2D eigenvalue weighted by molar-refractivity contribution is 6.42. The summed E-state index contributed by atoms with van der Waals surface area (Å²) < 4.78 is 5.37. The maximum atomic E-state index is 12.6. The van der Waals surface area contributed by atoms with Crippen LogP contribution < -0.4 is 0 Å². The van der Waals surface area contributed by atoms with E-state index in [1.54, 1.807) is 32.9 Å². The molecule has 0 aromatic heterocycles. The van der Waals surface area contributed by atoms with Crippen LogP contribution in [0.1, 0.15) is 44.0 Å². The third kappa shape index (κ3) is 3.93. The maximum Gasteiger partial charge on any atom is 0.410 e. The third-order valence-corrected chi connectivity index (χ3v) is 4.13. The van der Waals surface area contributed by atoms with Gasteiger partial charge in [-0.25, -0.2) is 4.79 Å². The Kier molecular flexibility index (Phi) is 5.03. The zero-order chi connectivity index (χ0) is 16.5. The highest BCUT2D eigenvalue weighted by atomic mass is 35.5. The van der Waals surface area contributed by atoms with Gasteiger partial charge in [-0.2, -0.15) is 0 Å². The lowest BCUT2D eigenvalue weighted by atomic mass is 10.0. The number of carbonyl (C=O) groups is 2. The molecule has 1 aromatic carbocycles. The van der Waals surface area contributed by atoms with Crippen molar-refractivity contribution in [3.63, 3.8) is 0 Å². The molecule has 0 spiro atoms. The monoisotopic (exact) mass is 343 g/mol. The number of rotatable bonds is 2. The Morgan fingerprint density at radius 1 is 1.23 bits per heavy atom. The Morgan fingerprint density at radius 2 is 1.91 bits per heavy atom. The molecule has 1 saturated heterocycles. The van der Waals surface area contributed by atoms with E-state index in [2.05, 4.69) is 0 Å². The van der Waals surface area contributed by atoms with Gasteiger partial charge in [-0.3, -0.25) is 9.69 Å². The van der Waals surface area contributed by atoms with Gasteiger partial charge in [0, 0.05) is 12.1 Å². The van der Waals surface area contributed by atoms with Crippen molar-refractivity contribution in [2.75, 3.05) is 6.54 Å². The minimum Gasteiger partial charge on any atom is -0.444 e. The van der Waals surface area contributed by atoms with E-state index in [0.29, 0.717) is 28.6 Å². The molecule has 1 aromatic rings. The van der Waals surface area contributed by atoms with E-state index in [0.717, 1.165) is 6.42 Å². The number of benzene rings is 1. The summed E-state index contributed by atoms with van der Waals surface area (Å²) in [6.07, 6.45) is 0.943. The van der Waals surface area contributed by atoms with Crippen molar-refractivity contribution in [2.45, 2.75) is 45.3 Å². The predicted molar refractivity (Wildman–Crippen MR) is 86.8 cm³/mol. The molecule has 0 N–H and O–H groups in total. The van der Waals surface area contributed by atoms with Crippen molar-refractivity contribution in [2.24, 2.45) is 0 Å². The van der Waals surface area contributed by atoms with Crippen LogP contribution in [0.4, 0.5) is 4.79 Å². The minimum atomic E-state index is -0.586. The summed E-state index contributed by atoms with van der Waals surface area (Å²) in [4.78, 5) is 26.4. The van der Waals surface area contributed by atoms with Crippen LogP contribution in [0.2, 0.25) is 10.0 Å². The average molecular weight is 344 g/mol. The summed E-state index contributed by atoms with van der Waals surface area (Å²) in [7, 11) is 0. The lowest BCUT2D eigenvalue weighted by Gasteiger charge is -2.28. The van der Waals surface area contributed by atoms with Crippen LogP contribution in [0.25, 0.3) is 0 Å². The zero-order valence-corrected chi connectivity index (χ0v) is 14.4. The number of amides is 1. The molecule has 1 amide bonds. The van der Waals surface area contributed by atoms with Gasteiger partial charge in [0.25, 0.3) is 0 Å². The van der Waals surface area contributed by atoms with E-state index in [1.807, 2.05) is 0 Å². The van der Waals surface area contributed by atoms with Crippen molar-refractivity contribution in [3.8, 4) is 0 Å². The molecular weight excluding hydrogens is 325 g/mol. The van der Waals surface area contributed by atoms with Crippen LogP contribution in [0.15, 0.2) is 18.2 Å². The van der Waals surface area contributed by atoms with Crippen molar-refractivity contribution in [3.05, 3.63) is 33.8 Å². The van der Waals surface area contributed by atoms with Crippen molar-refractivity contribution in [1.29, 1.82) is 0 Å². The van der Waals surface area contributed by atoms with Crippen LogP contribution in [0.5, 0.6) is 0 Å². The first kappa shape index (κ1) is 17.1. The molecule has 0 saturated carbocycles. The van der Waals surface area contributed by atoms with E-state index in [4.69, 9.17) is 27.9 Å². The number of likely N-dealkylation sites (tertiary alicyclic amines) is 1. The SMILES string of the molecule is CC(C)(C)OC(=O)N1CCCC1C(=O)c1ccc(Cl)c(Cl)c1. The molecular formula is C16H19Cl2NO3. The Balaban J connectivity index is 2.17. The number of carbonyl (C=O) groups excluding carboxylic acids is 2. The second-order valence-corrected chi connectivity index (χ2v) is 7.14. The van der Waals surface area contributed by atoms with Crippen LogP contribution in [-0.4, -0.2) is 35.0 Å². The average Bonchev–Trinajstić information content (AvgIpc) is 2.88. The Morgan fingerprint density at radius 3 is 2.50 bits per heavy atom. The third-order valence-electron chi connectivity index (χ3n) is 3.39.